The number of alkyl halides is 3. The minimum absolute atomic E-state index is 0.276. The number of aliphatic hydroxyl groups is 1. The van der Waals surface area contributed by atoms with E-state index in [-0.39, 0.29) is 19.2 Å². The number of halogens is 3. The molecule has 3 N–H and O–H groups in total. The van der Waals surface area contributed by atoms with Gasteiger partial charge in [0.1, 0.15) is 12.4 Å². The van der Waals surface area contributed by atoms with Crippen LogP contribution in [0, 0.1) is 13.8 Å². The van der Waals surface area contributed by atoms with Crippen LogP contribution in [0.5, 0.6) is 5.75 Å². The van der Waals surface area contributed by atoms with Crippen molar-refractivity contribution in [2.24, 2.45) is 0 Å². The highest BCUT2D eigenvalue weighted by atomic mass is 19.4. The lowest BCUT2D eigenvalue weighted by atomic mass is 10.0. The first kappa shape index (κ1) is 17.4. The molecule has 0 saturated heterocycles. The van der Waals surface area contributed by atoms with Crippen molar-refractivity contribution < 1.29 is 27.8 Å². The molecule has 2 rings (SSSR count). The molecule has 5 nitrogen and oxygen atoms in total. The summed E-state index contributed by atoms with van der Waals surface area (Å²) in [5.74, 6) is 0.739. The second-order valence-corrected chi connectivity index (χ2v) is 5.54. The van der Waals surface area contributed by atoms with Gasteiger partial charge in [0.2, 0.25) is 0 Å². The molecule has 0 aliphatic carbocycles. The van der Waals surface area contributed by atoms with E-state index in [0.717, 1.165) is 22.4 Å². The number of carbonyl (C=O) groups excluding carboxylic acids is 1. The Labute approximate surface area is 131 Å². The van der Waals surface area contributed by atoms with Crippen molar-refractivity contribution in [3.05, 3.63) is 28.8 Å². The highest BCUT2D eigenvalue weighted by molar-refractivity contribution is 5.74. The van der Waals surface area contributed by atoms with Crippen LogP contribution >= 0.6 is 0 Å². The number of carbonyl (C=O) groups is 1. The van der Waals surface area contributed by atoms with Gasteiger partial charge in [-0.25, -0.2) is 4.79 Å². The Balaban J connectivity index is 1.86. The van der Waals surface area contributed by atoms with Crippen LogP contribution in [0.4, 0.5) is 18.0 Å². The van der Waals surface area contributed by atoms with Gasteiger partial charge in [0.25, 0.3) is 0 Å². The predicted octanol–water partition coefficient (Wildman–Crippen LogP) is 2.35. The number of aliphatic hydroxyl groups excluding tert-OH is 1. The number of hydrogen-bond acceptors (Lipinski definition) is 3. The summed E-state index contributed by atoms with van der Waals surface area (Å²) in [6.07, 6.45) is -7.71. The van der Waals surface area contributed by atoms with Gasteiger partial charge < -0.3 is 20.5 Å². The van der Waals surface area contributed by atoms with E-state index in [1.54, 1.807) is 0 Å². The Morgan fingerprint density at radius 3 is 2.78 bits per heavy atom. The third-order valence-electron chi connectivity index (χ3n) is 3.86. The number of urea groups is 1. The summed E-state index contributed by atoms with van der Waals surface area (Å²) in [6, 6.07) is 2.84. The van der Waals surface area contributed by atoms with Crippen LogP contribution in [0.3, 0.4) is 0 Å². The van der Waals surface area contributed by atoms with E-state index < -0.39 is 24.7 Å². The normalized spacial score (nSPS) is 18.1. The molecule has 0 spiro atoms. The van der Waals surface area contributed by atoms with Gasteiger partial charge in [-0.2, -0.15) is 13.2 Å². The molecule has 1 heterocycles. The third-order valence-corrected chi connectivity index (χ3v) is 3.86. The molecular weight excluding hydrogens is 313 g/mol. The number of ether oxygens (including phenoxy) is 1. The Hall–Kier alpha value is -1.96. The first-order valence-electron chi connectivity index (χ1n) is 7.22. The molecule has 1 aliphatic rings. The van der Waals surface area contributed by atoms with Crippen LogP contribution in [-0.2, 0) is 0 Å². The summed E-state index contributed by atoms with van der Waals surface area (Å²) in [5, 5.41) is 13.8. The zero-order valence-corrected chi connectivity index (χ0v) is 12.8. The van der Waals surface area contributed by atoms with Gasteiger partial charge in [0.15, 0.2) is 6.10 Å². The predicted molar refractivity (Wildman–Crippen MR) is 77.4 cm³/mol. The number of nitrogens with one attached hydrogen (secondary N) is 2. The van der Waals surface area contributed by atoms with Crippen molar-refractivity contribution in [2.75, 3.05) is 13.2 Å². The van der Waals surface area contributed by atoms with E-state index in [9.17, 15) is 18.0 Å². The number of benzene rings is 1. The Bertz CT molecular complexity index is 590. The number of rotatable bonds is 4. The summed E-state index contributed by atoms with van der Waals surface area (Å²) in [4.78, 5) is 11.8. The topological polar surface area (TPSA) is 70.6 Å². The Morgan fingerprint density at radius 1 is 1.43 bits per heavy atom. The first-order valence-corrected chi connectivity index (χ1v) is 7.22. The lowest BCUT2D eigenvalue weighted by molar-refractivity contribution is -0.204. The molecule has 23 heavy (non-hydrogen) atoms. The fourth-order valence-electron chi connectivity index (χ4n) is 2.35. The zero-order valence-electron chi connectivity index (χ0n) is 12.8. The maximum atomic E-state index is 12.1. The van der Waals surface area contributed by atoms with Crippen molar-refractivity contribution in [2.45, 2.75) is 38.6 Å². The third kappa shape index (κ3) is 4.07. The molecule has 0 radical (unpaired) electrons. The fraction of sp³-hybridized carbons (Fsp3) is 0.533. The maximum absolute atomic E-state index is 12.1. The van der Waals surface area contributed by atoms with Gasteiger partial charge in [-0.1, -0.05) is 12.1 Å². The number of fused-ring (bicyclic) bond motifs is 1. The lowest BCUT2D eigenvalue weighted by Crippen LogP contribution is -2.41. The van der Waals surface area contributed by atoms with E-state index >= 15 is 0 Å². The van der Waals surface area contributed by atoms with Crippen LogP contribution < -0.4 is 15.4 Å². The number of amides is 2. The molecule has 2 amide bonds. The van der Waals surface area contributed by atoms with Crippen LogP contribution in [0.15, 0.2) is 12.1 Å². The zero-order chi connectivity index (χ0) is 17.2. The second kappa shape index (κ2) is 6.66. The van der Waals surface area contributed by atoms with E-state index in [1.807, 2.05) is 26.0 Å². The maximum Gasteiger partial charge on any atom is 0.414 e. The summed E-state index contributed by atoms with van der Waals surface area (Å²) >= 11 is 0. The number of hydrogen-bond donors (Lipinski definition) is 3. The molecule has 0 saturated carbocycles. The van der Waals surface area contributed by atoms with Gasteiger partial charge in [0.05, 0.1) is 6.04 Å². The Kier molecular flexibility index (Phi) is 5.03. The SMILES string of the molecule is Cc1ccc2c(c1C)OCC2NC(=O)NCCC(O)C(F)(F)F. The van der Waals surface area contributed by atoms with E-state index in [1.165, 1.54) is 0 Å². The average Bonchev–Trinajstić information content (AvgIpc) is 2.85. The Morgan fingerprint density at radius 2 is 2.13 bits per heavy atom. The molecule has 1 aromatic rings. The summed E-state index contributed by atoms with van der Waals surface area (Å²) in [7, 11) is 0. The molecule has 0 aromatic heterocycles. The highest BCUT2D eigenvalue weighted by Crippen LogP contribution is 2.36. The first-order chi connectivity index (χ1) is 10.7. The van der Waals surface area contributed by atoms with Gasteiger partial charge in [-0.05, 0) is 31.4 Å². The number of aryl methyl sites for hydroxylation is 1. The summed E-state index contributed by atoms with van der Waals surface area (Å²) in [6.45, 7) is 3.88. The largest absolute Gasteiger partial charge is 0.490 e. The lowest BCUT2D eigenvalue weighted by Gasteiger charge is -2.16. The van der Waals surface area contributed by atoms with Crippen LogP contribution in [-0.4, -0.2) is 36.6 Å². The van der Waals surface area contributed by atoms with E-state index in [2.05, 4.69) is 10.6 Å². The van der Waals surface area contributed by atoms with Crippen LogP contribution in [0.2, 0.25) is 0 Å². The monoisotopic (exact) mass is 332 g/mol. The average molecular weight is 332 g/mol. The molecular formula is C15H19F3N2O3. The van der Waals surface area contributed by atoms with Crippen LogP contribution in [0.1, 0.15) is 29.2 Å². The standard InChI is InChI=1S/C15H19F3N2O3/c1-8-3-4-10-11(7-23-13(10)9(8)2)20-14(22)19-6-5-12(21)15(16,17)18/h3-4,11-12,21H,5-7H2,1-2H3,(H2,19,20,22). The molecule has 1 aromatic carbocycles. The van der Waals surface area contributed by atoms with Crippen molar-refractivity contribution in [3.8, 4) is 5.75 Å². The highest BCUT2D eigenvalue weighted by Gasteiger charge is 2.37. The molecule has 1 aliphatic heterocycles. The van der Waals surface area contributed by atoms with Crippen LogP contribution in [0.25, 0.3) is 0 Å². The van der Waals surface area contributed by atoms with E-state index in [4.69, 9.17) is 9.84 Å². The minimum Gasteiger partial charge on any atom is -0.490 e. The van der Waals surface area contributed by atoms with Gasteiger partial charge >= 0.3 is 12.2 Å². The summed E-state index contributed by atoms with van der Waals surface area (Å²) in [5.41, 5.74) is 2.93. The minimum atomic E-state index is -4.67. The van der Waals surface area contributed by atoms with Gasteiger partial charge in [0, 0.05) is 12.1 Å². The summed E-state index contributed by atoms with van der Waals surface area (Å²) < 4.78 is 42.0. The molecule has 0 fully saturated rings. The second-order valence-electron chi connectivity index (χ2n) is 5.54. The molecule has 0 bridgehead atoms. The van der Waals surface area contributed by atoms with Crippen molar-refractivity contribution in [1.29, 1.82) is 0 Å². The van der Waals surface area contributed by atoms with Crippen molar-refractivity contribution >= 4 is 6.03 Å². The van der Waals surface area contributed by atoms with Crippen molar-refractivity contribution in [3.63, 3.8) is 0 Å². The van der Waals surface area contributed by atoms with Crippen molar-refractivity contribution in [1.82, 2.24) is 10.6 Å². The fourth-order valence-corrected chi connectivity index (χ4v) is 2.35. The van der Waals surface area contributed by atoms with E-state index in [0.29, 0.717) is 0 Å². The quantitative estimate of drug-likeness (QED) is 0.793. The van der Waals surface area contributed by atoms with Gasteiger partial charge in [-0.3, -0.25) is 0 Å². The molecule has 2 atom stereocenters. The molecule has 8 heteroatoms. The smallest absolute Gasteiger partial charge is 0.414 e. The van der Waals surface area contributed by atoms with Gasteiger partial charge in [-0.15, -0.1) is 0 Å². The molecule has 2 unspecified atom stereocenters. The molecule has 128 valence electrons.